The summed E-state index contributed by atoms with van der Waals surface area (Å²) in [6, 6.07) is 18.0. The number of carbonyl (C=O) groups is 1. The molecule has 1 amide bonds. The van der Waals surface area contributed by atoms with Crippen molar-refractivity contribution in [3.63, 3.8) is 0 Å². The number of hydrogen-bond acceptors (Lipinski definition) is 5. The van der Waals surface area contributed by atoms with Gasteiger partial charge in [-0.2, -0.15) is 5.26 Å². The Balaban J connectivity index is 1.79. The number of benzene rings is 3. The van der Waals surface area contributed by atoms with Gasteiger partial charge < -0.3 is 19.5 Å². The Bertz CT molecular complexity index is 1200. The highest BCUT2D eigenvalue weighted by atomic mass is 79.9. The molecule has 3 rings (SSSR count). The highest BCUT2D eigenvalue weighted by molar-refractivity contribution is 9.10. The SMILES string of the molecule is COc1ccc(NC(=O)/C(C#N)=C\c2cc(OC)c(OCc3ccc(F)cc3)cc2Br)cc1. The van der Waals surface area contributed by atoms with E-state index in [4.69, 9.17) is 14.2 Å². The van der Waals surface area contributed by atoms with Crippen molar-refractivity contribution in [3.8, 4) is 23.3 Å². The zero-order valence-corrected chi connectivity index (χ0v) is 19.5. The lowest BCUT2D eigenvalue weighted by molar-refractivity contribution is -0.112. The summed E-state index contributed by atoms with van der Waals surface area (Å²) < 4.78 is 30.0. The molecule has 0 saturated heterocycles. The number of ether oxygens (including phenoxy) is 3. The third-order valence-corrected chi connectivity index (χ3v) is 5.29. The summed E-state index contributed by atoms with van der Waals surface area (Å²) in [6.45, 7) is 0.214. The second-order valence-corrected chi connectivity index (χ2v) is 7.65. The second kappa shape index (κ2) is 11.2. The minimum atomic E-state index is -0.551. The molecule has 6 nitrogen and oxygen atoms in total. The Labute approximate surface area is 199 Å². The molecule has 3 aromatic carbocycles. The standard InChI is InChI=1S/C25H20BrFN2O4/c1-31-21-9-7-20(8-10-21)29-25(30)18(14-28)11-17-12-23(32-2)24(13-22(17)26)33-15-16-3-5-19(27)6-4-16/h3-13H,15H2,1-2H3,(H,29,30)/b18-11-. The van der Waals surface area contributed by atoms with Crippen LogP contribution < -0.4 is 19.5 Å². The van der Waals surface area contributed by atoms with Crippen molar-refractivity contribution in [2.24, 2.45) is 0 Å². The molecule has 0 aromatic heterocycles. The first kappa shape index (κ1) is 23.8. The van der Waals surface area contributed by atoms with E-state index >= 15 is 0 Å². The molecule has 33 heavy (non-hydrogen) atoms. The van der Waals surface area contributed by atoms with E-state index in [0.717, 1.165) is 5.56 Å². The number of nitriles is 1. The number of anilines is 1. The number of nitrogens with zero attached hydrogens (tertiary/aromatic N) is 1. The predicted molar refractivity (Wildman–Crippen MR) is 127 cm³/mol. The van der Waals surface area contributed by atoms with Crippen molar-refractivity contribution in [2.75, 3.05) is 19.5 Å². The van der Waals surface area contributed by atoms with Crippen LogP contribution >= 0.6 is 15.9 Å². The van der Waals surface area contributed by atoms with Crippen LogP contribution in [0, 0.1) is 17.1 Å². The van der Waals surface area contributed by atoms with E-state index in [9.17, 15) is 14.4 Å². The highest BCUT2D eigenvalue weighted by Crippen LogP contribution is 2.35. The van der Waals surface area contributed by atoms with E-state index in [-0.39, 0.29) is 18.0 Å². The zero-order valence-electron chi connectivity index (χ0n) is 17.9. The molecule has 0 bridgehead atoms. The average molecular weight is 511 g/mol. The van der Waals surface area contributed by atoms with Crippen molar-refractivity contribution in [1.29, 1.82) is 5.26 Å². The summed E-state index contributed by atoms with van der Waals surface area (Å²) in [5, 5.41) is 12.2. The summed E-state index contributed by atoms with van der Waals surface area (Å²) in [5.74, 6) is 0.651. The minimum Gasteiger partial charge on any atom is -0.497 e. The number of hydrogen-bond donors (Lipinski definition) is 1. The first-order chi connectivity index (χ1) is 15.9. The van der Waals surface area contributed by atoms with E-state index in [1.165, 1.54) is 25.3 Å². The van der Waals surface area contributed by atoms with E-state index in [1.54, 1.807) is 55.6 Å². The number of carbonyl (C=O) groups excluding carboxylic acids is 1. The van der Waals surface area contributed by atoms with E-state index in [0.29, 0.717) is 33.0 Å². The van der Waals surface area contributed by atoms with Crippen LogP contribution in [0.4, 0.5) is 10.1 Å². The van der Waals surface area contributed by atoms with Crippen LogP contribution in [0.3, 0.4) is 0 Å². The van der Waals surface area contributed by atoms with E-state index < -0.39 is 5.91 Å². The molecule has 0 radical (unpaired) electrons. The van der Waals surface area contributed by atoms with Crippen LogP contribution in [0.5, 0.6) is 17.2 Å². The van der Waals surface area contributed by atoms with Gasteiger partial charge in [-0.1, -0.05) is 28.1 Å². The maximum absolute atomic E-state index is 13.1. The zero-order chi connectivity index (χ0) is 23.8. The molecule has 0 atom stereocenters. The fourth-order valence-corrected chi connectivity index (χ4v) is 3.29. The number of rotatable bonds is 8. The molecule has 1 N–H and O–H groups in total. The van der Waals surface area contributed by atoms with Gasteiger partial charge in [0.1, 0.15) is 29.8 Å². The lowest BCUT2D eigenvalue weighted by Crippen LogP contribution is -2.13. The normalized spacial score (nSPS) is 10.8. The largest absolute Gasteiger partial charge is 0.497 e. The predicted octanol–water partition coefficient (Wildman–Crippen LogP) is 5.73. The van der Waals surface area contributed by atoms with Crippen LogP contribution in [0.25, 0.3) is 6.08 Å². The van der Waals surface area contributed by atoms with Crippen molar-refractivity contribution in [2.45, 2.75) is 6.61 Å². The third kappa shape index (κ3) is 6.34. The van der Waals surface area contributed by atoms with Gasteiger partial charge in [0.15, 0.2) is 11.5 Å². The molecular formula is C25H20BrFN2O4. The van der Waals surface area contributed by atoms with Crippen LogP contribution in [0.15, 0.2) is 70.7 Å². The van der Waals surface area contributed by atoms with Gasteiger partial charge in [0, 0.05) is 10.2 Å². The Hall–Kier alpha value is -3.83. The molecule has 0 heterocycles. The molecule has 168 valence electrons. The monoisotopic (exact) mass is 510 g/mol. The topological polar surface area (TPSA) is 80.6 Å². The molecule has 3 aromatic rings. The Kier molecular flexibility index (Phi) is 8.06. The van der Waals surface area contributed by atoms with Gasteiger partial charge in [-0.3, -0.25) is 4.79 Å². The fourth-order valence-electron chi connectivity index (χ4n) is 2.85. The number of methoxy groups -OCH3 is 2. The van der Waals surface area contributed by atoms with Crippen LogP contribution in [-0.2, 0) is 11.4 Å². The fraction of sp³-hybridized carbons (Fsp3) is 0.120. The van der Waals surface area contributed by atoms with Gasteiger partial charge in [-0.15, -0.1) is 0 Å². The molecular weight excluding hydrogens is 491 g/mol. The number of amides is 1. The van der Waals surface area contributed by atoms with Gasteiger partial charge in [-0.25, -0.2) is 4.39 Å². The quantitative estimate of drug-likeness (QED) is 0.309. The highest BCUT2D eigenvalue weighted by Gasteiger charge is 2.14. The average Bonchev–Trinajstić information content (AvgIpc) is 2.83. The molecule has 0 unspecified atom stereocenters. The summed E-state index contributed by atoms with van der Waals surface area (Å²) in [4.78, 5) is 12.6. The number of nitrogens with one attached hydrogen (secondary N) is 1. The van der Waals surface area contributed by atoms with Gasteiger partial charge in [-0.05, 0) is 65.7 Å². The van der Waals surface area contributed by atoms with Crippen LogP contribution in [0.1, 0.15) is 11.1 Å². The Morgan fingerprint density at radius 1 is 1.06 bits per heavy atom. The lowest BCUT2D eigenvalue weighted by atomic mass is 10.1. The summed E-state index contributed by atoms with van der Waals surface area (Å²) in [7, 11) is 3.04. The van der Waals surface area contributed by atoms with E-state index in [1.807, 2.05) is 6.07 Å². The van der Waals surface area contributed by atoms with Crippen LogP contribution in [0.2, 0.25) is 0 Å². The van der Waals surface area contributed by atoms with Crippen molar-refractivity contribution in [3.05, 3.63) is 87.7 Å². The van der Waals surface area contributed by atoms with Crippen molar-refractivity contribution in [1.82, 2.24) is 0 Å². The smallest absolute Gasteiger partial charge is 0.266 e. The molecule has 8 heteroatoms. The summed E-state index contributed by atoms with van der Waals surface area (Å²) >= 11 is 3.45. The molecule has 0 aliphatic rings. The molecule has 0 aliphatic carbocycles. The molecule has 0 saturated carbocycles. The van der Waals surface area contributed by atoms with Gasteiger partial charge in [0.25, 0.3) is 5.91 Å². The summed E-state index contributed by atoms with van der Waals surface area (Å²) in [6.07, 6.45) is 1.45. The van der Waals surface area contributed by atoms with Crippen molar-refractivity contribution < 1.29 is 23.4 Å². The molecule has 0 spiro atoms. The maximum atomic E-state index is 13.1. The maximum Gasteiger partial charge on any atom is 0.266 e. The lowest BCUT2D eigenvalue weighted by Gasteiger charge is -2.13. The summed E-state index contributed by atoms with van der Waals surface area (Å²) in [5.41, 5.74) is 1.79. The first-order valence-corrected chi connectivity index (χ1v) is 10.5. The van der Waals surface area contributed by atoms with Crippen molar-refractivity contribution >= 4 is 33.6 Å². The van der Waals surface area contributed by atoms with E-state index in [2.05, 4.69) is 21.2 Å². The minimum absolute atomic E-state index is 0.0893. The van der Waals surface area contributed by atoms with Gasteiger partial charge >= 0.3 is 0 Å². The van der Waals surface area contributed by atoms with Gasteiger partial charge in [0.2, 0.25) is 0 Å². The third-order valence-electron chi connectivity index (χ3n) is 4.60. The first-order valence-electron chi connectivity index (χ1n) is 9.75. The number of halogens is 2. The molecule has 0 fully saturated rings. The Morgan fingerprint density at radius 2 is 1.76 bits per heavy atom. The van der Waals surface area contributed by atoms with Crippen LogP contribution in [-0.4, -0.2) is 20.1 Å². The van der Waals surface area contributed by atoms with Gasteiger partial charge in [0.05, 0.1) is 14.2 Å². The second-order valence-electron chi connectivity index (χ2n) is 6.79. The Morgan fingerprint density at radius 3 is 2.36 bits per heavy atom. The molecule has 0 aliphatic heterocycles.